The summed E-state index contributed by atoms with van der Waals surface area (Å²) >= 11 is 0. The third-order valence-corrected chi connectivity index (χ3v) is 5.57. The van der Waals surface area contributed by atoms with Crippen molar-refractivity contribution in [3.63, 3.8) is 0 Å². The van der Waals surface area contributed by atoms with Gasteiger partial charge in [0.1, 0.15) is 12.3 Å². The second kappa shape index (κ2) is 8.62. The molecule has 1 saturated heterocycles. The summed E-state index contributed by atoms with van der Waals surface area (Å²) in [6.07, 6.45) is -2.03. The lowest BCUT2D eigenvalue weighted by molar-refractivity contribution is -0.0417. The number of phosphoric ester groups is 1. The van der Waals surface area contributed by atoms with Gasteiger partial charge in [-0.05, 0) is 24.1 Å². The number of phosphoric acid groups is 1. The van der Waals surface area contributed by atoms with Crippen molar-refractivity contribution in [2.75, 3.05) is 17.7 Å². The van der Waals surface area contributed by atoms with Crippen molar-refractivity contribution in [2.24, 2.45) is 0 Å². The highest BCUT2D eigenvalue weighted by atomic mass is 31.2. The fraction of sp³-hybridized carbons (Fsp3) is 0.389. The van der Waals surface area contributed by atoms with E-state index in [-0.39, 0.29) is 29.5 Å². The molecule has 0 aliphatic carbocycles. The fourth-order valence-corrected chi connectivity index (χ4v) is 3.85. The SMILES string of the molecule is CCc1ccc(Nc2nc3c(=O)[nH]c(N)nc3n2[C@H]2C[C@H](O)[C@@H](COP(=O)(O)O)O2)cc1. The summed E-state index contributed by atoms with van der Waals surface area (Å²) in [5.74, 6) is 0.101. The largest absolute Gasteiger partial charge is 0.469 e. The number of rotatable bonds is 7. The number of aliphatic hydroxyl groups excluding tert-OH is 1. The van der Waals surface area contributed by atoms with Crippen molar-refractivity contribution in [3.05, 3.63) is 40.2 Å². The van der Waals surface area contributed by atoms with E-state index in [1.54, 1.807) is 0 Å². The number of aliphatic hydroxyl groups is 1. The molecule has 3 heterocycles. The zero-order chi connectivity index (χ0) is 23.0. The highest BCUT2D eigenvalue weighted by Gasteiger charge is 2.38. The minimum atomic E-state index is -4.74. The third-order valence-electron chi connectivity index (χ3n) is 5.09. The van der Waals surface area contributed by atoms with Crippen LogP contribution in [0, 0.1) is 0 Å². The maximum Gasteiger partial charge on any atom is 0.469 e. The molecule has 1 fully saturated rings. The number of nitrogens with one attached hydrogen (secondary N) is 2. The van der Waals surface area contributed by atoms with E-state index >= 15 is 0 Å². The maximum atomic E-state index is 12.4. The van der Waals surface area contributed by atoms with Gasteiger partial charge in [0.2, 0.25) is 11.9 Å². The Hall–Kier alpha value is -2.80. The minimum Gasteiger partial charge on any atom is -0.390 e. The van der Waals surface area contributed by atoms with Gasteiger partial charge in [0.15, 0.2) is 11.2 Å². The van der Waals surface area contributed by atoms with E-state index in [2.05, 4.69) is 24.8 Å². The maximum absolute atomic E-state index is 12.4. The molecule has 0 bridgehead atoms. The number of aromatic amines is 1. The highest BCUT2D eigenvalue weighted by Crippen LogP contribution is 2.39. The lowest BCUT2D eigenvalue weighted by Gasteiger charge is -2.18. The van der Waals surface area contributed by atoms with Crippen LogP contribution in [0.2, 0.25) is 0 Å². The molecule has 0 radical (unpaired) electrons. The summed E-state index contributed by atoms with van der Waals surface area (Å²) < 4.78 is 22.7. The number of imidazole rings is 1. The molecule has 0 spiro atoms. The molecule has 2 aromatic heterocycles. The minimum absolute atomic E-state index is 0.0138. The number of nitrogens with zero attached hydrogens (tertiary/aromatic N) is 3. The zero-order valence-electron chi connectivity index (χ0n) is 17.0. The van der Waals surface area contributed by atoms with Crippen LogP contribution in [0.5, 0.6) is 0 Å². The Morgan fingerprint density at radius 1 is 1.34 bits per heavy atom. The van der Waals surface area contributed by atoms with Crippen LogP contribution in [0.15, 0.2) is 29.1 Å². The standard InChI is InChI=1S/C18H23N6O7P/c1-2-9-3-5-10(6-4-9)20-18-21-14-15(22-17(19)23-16(14)26)24(18)13-7-11(25)12(31-13)8-30-32(27,28)29/h3-6,11-13,25H,2,7-8H2,1H3,(H,20,21)(H2,27,28,29)(H3,19,22,23,26)/t11-,12+,13+/m0/s1. The lowest BCUT2D eigenvalue weighted by atomic mass is 10.1. The molecule has 0 unspecified atom stereocenters. The van der Waals surface area contributed by atoms with E-state index in [0.717, 1.165) is 12.0 Å². The lowest BCUT2D eigenvalue weighted by Crippen LogP contribution is -2.26. The molecule has 32 heavy (non-hydrogen) atoms. The highest BCUT2D eigenvalue weighted by molar-refractivity contribution is 7.46. The van der Waals surface area contributed by atoms with Crippen molar-refractivity contribution in [3.8, 4) is 0 Å². The Kier molecular flexibility index (Phi) is 6.03. The summed E-state index contributed by atoms with van der Waals surface area (Å²) in [5, 5.41) is 13.5. The Labute approximate surface area is 181 Å². The van der Waals surface area contributed by atoms with Crippen molar-refractivity contribution < 1.29 is 28.7 Å². The summed E-state index contributed by atoms with van der Waals surface area (Å²) in [4.78, 5) is 41.1. The Bertz CT molecular complexity index is 1220. The van der Waals surface area contributed by atoms with Gasteiger partial charge in [-0.2, -0.15) is 4.98 Å². The van der Waals surface area contributed by atoms with Gasteiger partial charge in [-0.3, -0.25) is 18.9 Å². The fourth-order valence-electron chi connectivity index (χ4n) is 3.51. The zero-order valence-corrected chi connectivity index (χ0v) is 17.9. The number of ether oxygens (including phenoxy) is 1. The summed E-state index contributed by atoms with van der Waals surface area (Å²) in [7, 11) is -4.74. The molecule has 3 atom stereocenters. The molecule has 1 aliphatic heterocycles. The Morgan fingerprint density at radius 3 is 2.72 bits per heavy atom. The normalized spacial score (nSPS) is 21.3. The van der Waals surface area contributed by atoms with Crippen molar-refractivity contribution >= 4 is 36.6 Å². The van der Waals surface area contributed by atoms with Gasteiger partial charge in [-0.15, -0.1) is 0 Å². The van der Waals surface area contributed by atoms with Gasteiger partial charge in [0.25, 0.3) is 5.56 Å². The van der Waals surface area contributed by atoms with Gasteiger partial charge < -0.3 is 30.7 Å². The number of anilines is 3. The van der Waals surface area contributed by atoms with Crippen molar-refractivity contribution in [2.45, 2.75) is 38.2 Å². The molecule has 3 aromatic rings. The molecule has 1 aromatic carbocycles. The van der Waals surface area contributed by atoms with Crippen LogP contribution >= 0.6 is 7.82 Å². The first-order valence-corrected chi connectivity index (χ1v) is 11.3. The second-order valence-electron chi connectivity index (χ2n) is 7.32. The summed E-state index contributed by atoms with van der Waals surface area (Å²) in [6.45, 7) is 1.52. The van der Waals surface area contributed by atoms with Gasteiger partial charge in [0.05, 0.1) is 12.7 Å². The molecule has 0 saturated carbocycles. The topological polar surface area (TPSA) is 198 Å². The number of benzene rings is 1. The number of nitrogens with two attached hydrogens (primary N) is 1. The third kappa shape index (κ3) is 4.67. The van der Waals surface area contributed by atoms with Crippen LogP contribution in [0.25, 0.3) is 11.2 Å². The molecule has 14 heteroatoms. The average molecular weight is 466 g/mol. The molecular weight excluding hydrogens is 443 g/mol. The van der Waals surface area contributed by atoms with Crippen LogP contribution in [0.4, 0.5) is 17.6 Å². The molecule has 172 valence electrons. The van der Waals surface area contributed by atoms with E-state index in [4.69, 9.17) is 20.3 Å². The molecule has 0 amide bonds. The predicted molar refractivity (Wildman–Crippen MR) is 114 cm³/mol. The quantitative estimate of drug-likeness (QED) is 0.269. The monoisotopic (exact) mass is 466 g/mol. The summed E-state index contributed by atoms with van der Waals surface area (Å²) in [5.41, 5.74) is 7.15. The number of nitrogen functional groups attached to an aromatic ring is 1. The number of H-pyrrole nitrogens is 1. The van der Waals surface area contributed by atoms with E-state index in [9.17, 15) is 14.5 Å². The number of fused-ring (bicyclic) bond motifs is 1. The number of aryl methyl sites for hydroxylation is 1. The number of hydrogen-bond acceptors (Lipinski definition) is 9. The predicted octanol–water partition coefficient (Wildman–Crippen LogP) is 0.765. The van der Waals surface area contributed by atoms with Crippen LogP contribution in [0.1, 0.15) is 25.1 Å². The van der Waals surface area contributed by atoms with Crippen molar-refractivity contribution in [1.29, 1.82) is 0 Å². The van der Waals surface area contributed by atoms with E-state index in [1.807, 2.05) is 31.2 Å². The average Bonchev–Trinajstić information content (AvgIpc) is 3.26. The number of hydrogen-bond donors (Lipinski definition) is 6. The molecule has 7 N–H and O–H groups in total. The van der Waals surface area contributed by atoms with Crippen LogP contribution in [-0.4, -0.2) is 53.2 Å². The van der Waals surface area contributed by atoms with Crippen LogP contribution in [0.3, 0.4) is 0 Å². The van der Waals surface area contributed by atoms with E-state index in [1.165, 1.54) is 4.57 Å². The van der Waals surface area contributed by atoms with Gasteiger partial charge in [0, 0.05) is 12.1 Å². The molecule has 13 nitrogen and oxygen atoms in total. The summed E-state index contributed by atoms with van der Waals surface area (Å²) in [6, 6.07) is 7.61. The molecule has 4 rings (SSSR count). The van der Waals surface area contributed by atoms with Gasteiger partial charge in [-0.1, -0.05) is 19.1 Å². The van der Waals surface area contributed by atoms with E-state index < -0.39 is 38.4 Å². The first kappa shape index (κ1) is 22.4. The Morgan fingerprint density at radius 2 is 2.06 bits per heavy atom. The molecular formula is C18H23N6O7P. The first-order chi connectivity index (χ1) is 15.1. The van der Waals surface area contributed by atoms with Crippen molar-refractivity contribution in [1.82, 2.24) is 19.5 Å². The molecule has 1 aliphatic rings. The first-order valence-electron chi connectivity index (χ1n) is 9.82. The Balaban J connectivity index is 1.71. The smallest absolute Gasteiger partial charge is 0.390 e. The number of aromatic nitrogens is 4. The van der Waals surface area contributed by atoms with E-state index in [0.29, 0.717) is 5.69 Å². The van der Waals surface area contributed by atoms with Crippen LogP contribution < -0.4 is 16.6 Å². The van der Waals surface area contributed by atoms with Gasteiger partial charge in [-0.25, -0.2) is 9.55 Å². The second-order valence-corrected chi connectivity index (χ2v) is 8.56. The van der Waals surface area contributed by atoms with Crippen LogP contribution in [-0.2, 0) is 20.2 Å². The van der Waals surface area contributed by atoms with Gasteiger partial charge >= 0.3 is 7.82 Å².